The molecule has 0 unspecified atom stereocenters. The van der Waals surface area contributed by atoms with Crippen molar-refractivity contribution in [2.24, 2.45) is 0 Å². The summed E-state index contributed by atoms with van der Waals surface area (Å²) >= 11 is 0. The van der Waals surface area contributed by atoms with Crippen molar-refractivity contribution in [2.45, 2.75) is 41.7 Å². The Morgan fingerprint density at radius 2 is 0.833 bits per heavy atom. The molecule has 1 rings (SSSR count). The average molecular weight is 472 g/mol. The van der Waals surface area contributed by atoms with E-state index in [-0.39, 0.29) is 17.7 Å². The summed E-state index contributed by atoms with van der Waals surface area (Å²) in [4.78, 5) is 0. The first-order valence-corrected chi connectivity index (χ1v) is 7.10. The third-order valence-corrected chi connectivity index (χ3v) is 3.84. The smallest absolute Gasteiger partial charge is 0.194 e. The lowest BCUT2D eigenvalue weighted by molar-refractivity contribution is -0.453. The van der Waals surface area contributed by atoms with Gasteiger partial charge in [-0.2, -0.15) is 65.9 Å². The normalized spacial score (nSPS) is 15.3. The molecule has 0 nitrogen and oxygen atoms in total. The molecule has 0 aliphatic heterocycles. The molecule has 0 saturated carbocycles. The largest absolute Gasteiger partial charge is 0.460 e. The van der Waals surface area contributed by atoms with Gasteiger partial charge in [-0.05, 0) is 5.56 Å². The zero-order valence-corrected chi connectivity index (χ0v) is 13.8. The van der Waals surface area contributed by atoms with Crippen LogP contribution < -0.4 is 0 Å². The molecule has 0 heterocycles. The summed E-state index contributed by atoms with van der Waals surface area (Å²) in [5, 5.41) is 0. The highest BCUT2D eigenvalue weighted by molar-refractivity contribution is 5.47. The van der Waals surface area contributed by atoms with E-state index in [9.17, 15) is 65.9 Å². The van der Waals surface area contributed by atoms with E-state index >= 15 is 0 Å². The molecule has 0 spiro atoms. The molecule has 172 valence electrons. The molecule has 0 amide bonds. The van der Waals surface area contributed by atoms with Crippen molar-refractivity contribution in [2.75, 3.05) is 0 Å². The van der Waals surface area contributed by atoms with E-state index in [0.29, 0.717) is 12.1 Å². The van der Waals surface area contributed by atoms with Crippen LogP contribution in [0.15, 0.2) is 30.8 Å². The molecule has 0 aromatic heterocycles. The number of hydrogen-bond acceptors (Lipinski definition) is 0. The predicted molar refractivity (Wildman–Crippen MR) is 71.2 cm³/mol. The maximum absolute atomic E-state index is 13.9. The summed E-state index contributed by atoms with van der Waals surface area (Å²) in [5.41, 5.74) is -2.23. The second-order valence-corrected chi connectivity index (χ2v) is 5.77. The molecule has 0 aliphatic carbocycles. The van der Waals surface area contributed by atoms with Gasteiger partial charge in [0.2, 0.25) is 0 Å². The van der Waals surface area contributed by atoms with Gasteiger partial charge < -0.3 is 0 Å². The van der Waals surface area contributed by atoms with Crippen molar-refractivity contribution in [1.82, 2.24) is 0 Å². The second-order valence-electron chi connectivity index (χ2n) is 5.77. The van der Waals surface area contributed by atoms with Crippen LogP contribution in [0.3, 0.4) is 0 Å². The van der Waals surface area contributed by atoms with Gasteiger partial charge in [0.25, 0.3) is 0 Å². The second kappa shape index (κ2) is 6.97. The standard InChI is InChI=1S/C15H7F15/c1-2-7-3-5-8(6-4-7)9(16,17)10(18,19)11(20,21)12(22,23)13(24,25)14(26,27)15(28,29)30/h2-6H,1H2. The van der Waals surface area contributed by atoms with Crippen molar-refractivity contribution in [3.63, 3.8) is 0 Å². The van der Waals surface area contributed by atoms with E-state index in [1.807, 2.05) is 0 Å². The van der Waals surface area contributed by atoms with Crippen LogP contribution in [0.4, 0.5) is 65.9 Å². The Balaban J connectivity index is 3.62. The third kappa shape index (κ3) is 3.29. The fraction of sp³-hybridized carbons (Fsp3) is 0.467. The van der Waals surface area contributed by atoms with Crippen molar-refractivity contribution < 1.29 is 65.9 Å². The minimum atomic E-state index is -8.28. The van der Waals surface area contributed by atoms with Gasteiger partial charge in [-0.15, -0.1) is 0 Å². The van der Waals surface area contributed by atoms with Crippen molar-refractivity contribution in [1.29, 1.82) is 0 Å². The minimum absolute atomic E-state index is 0.0262. The highest BCUT2D eigenvalue weighted by Crippen LogP contribution is 2.63. The Hall–Kier alpha value is -2.09. The number of alkyl halides is 15. The van der Waals surface area contributed by atoms with E-state index in [1.165, 1.54) is 0 Å². The van der Waals surface area contributed by atoms with Crippen LogP contribution in [0.2, 0.25) is 0 Å². The van der Waals surface area contributed by atoms with Gasteiger partial charge in [0.1, 0.15) is 0 Å². The molecule has 30 heavy (non-hydrogen) atoms. The van der Waals surface area contributed by atoms with Gasteiger partial charge >= 0.3 is 41.7 Å². The van der Waals surface area contributed by atoms with Crippen molar-refractivity contribution >= 4 is 6.08 Å². The number of benzene rings is 1. The van der Waals surface area contributed by atoms with Crippen LogP contribution in [0.25, 0.3) is 6.08 Å². The number of hydrogen-bond donors (Lipinski definition) is 0. The zero-order valence-electron chi connectivity index (χ0n) is 13.8. The highest BCUT2D eigenvalue weighted by Gasteiger charge is 2.93. The molecular formula is C15H7F15. The summed E-state index contributed by atoms with van der Waals surface area (Å²) in [5.74, 6) is -46.6. The molecule has 0 radical (unpaired) electrons. The van der Waals surface area contributed by atoms with Crippen LogP contribution in [0.5, 0.6) is 0 Å². The molecule has 0 fully saturated rings. The average Bonchev–Trinajstić information content (AvgIpc) is 2.59. The first-order chi connectivity index (χ1) is 13.0. The molecule has 1 aromatic carbocycles. The lowest BCUT2D eigenvalue weighted by Crippen LogP contribution is -2.72. The molecule has 1 aromatic rings. The topological polar surface area (TPSA) is 0 Å². The zero-order chi connectivity index (χ0) is 24.2. The predicted octanol–water partition coefficient (Wildman–Crippen LogP) is 7.16. The number of halogens is 15. The van der Waals surface area contributed by atoms with Crippen LogP contribution >= 0.6 is 0 Å². The lowest BCUT2D eigenvalue weighted by atomic mass is 9.88. The fourth-order valence-corrected chi connectivity index (χ4v) is 1.98. The van der Waals surface area contributed by atoms with Crippen LogP contribution in [-0.2, 0) is 5.92 Å². The monoisotopic (exact) mass is 472 g/mol. The first kappa shape index (κ1) is 25.9. The summed E-state index contributed by atoms with van der Waals surface area (Å²) in [6.45, 7) is 3.11. The molecule has 0 aliphatic rings. The minimum Gasteiger partial charge on any atom is -0.194 e. The Morgan fingerprint density at radius 3 is 1.17 bits per heavy atom. The summed E-state index contributed by atoms with van der Waals surface area (Å²) in [6.07, 6.45) is -6.68. The molecule has 0 N–H and O–H groups in total. The summed E-state index contributed by atoms with van der Waals surface area (Å²) in [7, 11) is 0. The van der Waals surface area contributed by atoms with Gasteiger partial charge in [-0.3, -0.25) is 0 Å². The van der Waals surface area contributed by atoms with E-state index in [2.05, 4.69) is 6.58 Å². The van der Waals surface area contributed by atoms with Crippen molar-refractivity contribution in [3.05, 3.63) is 42.0 Å². The molecular weight excluding hydrogens is 465 g/mol. The van der Waals surface area contributed by atoms with Crippen molar-refractivity contribution in [3.8, 4) is 0 Å². The van der Waals surface area contributed by atoms with E-state index in [4.69, 9.17) is 0 Å². The molecule has 15 heteroatoms. The summed E-state index contributed by atoms with van der Waals surface area (Å²) < 4.78 is 196. The lowest BCUT2D eigenvalue weighted by Gasteiger charge is -2.41. The Morgan fingerprint density at radius 1 is 0.500 bits per heavy atom. The Kier molecular flexibility index (Phi) is 6.03. The Bertz CT molecular complexity index is 770. The number of rotatable bonds is 7. The van der Waals surface area contributed by atoms with Crippen LogP contribution in [0.1, 0.15) is 11.1 Å². The van der Waals surface area contributed by atoms with E-state index in [1.54, 1.807) is 0 Å². The van der Waals surface area contributed by atoms with Gasteiger partial charge in [0.15, 0.2) is 0 Å². The third-order valence-electron chi connectivity index (χ3n) is 3.84. The van der Waals surface area contributed by atoms with Crippen LogP contribution in [-0.4, -0.2) is 35.8 Å². The molecule has 0 saturated heterocycles. The maximum Gasteiger partial charge on any atom is 0.460 e. The van der Waals surface area contributed by atoms with E-state index < -0.39 is 47.3 Å². The van der Waals surface area contributed by atoms with Crippen LogP contribution in [0, 0.1) is 0 Å². The van der Waals surface area contributed by atoms with E-state index in [0.717, 1.165) is 6.08 Å². The highest BCUT2D eigenvalue weighted by atomic mass is 19.4. The summed E-state index contributed by atoms with van der Waals surface area (Å²) in [6, 6.07) is 1.02. The van der Waals surface area contributed by atoms with Gasteiger partial charge in [-0.1, -0.05) is 36.9 Å². The maximum atomic E-state index is 13.9. The SMILES string of the molecule is C=Cc1ccc(C(F)(F)C(F)(F)C(F)(F)C(F)(F)C(F)(F)C(F)(F)C(F)(F)F)cc1. The quantitative estimate of drug-likeness (QED) is 0.370. The fourth-order valence-electron chi connectivity index (χ4n) is 1.98. The molecule has 0 atom stereocenters. The van der Waals surface area contributed by atoms with Gasteiger partial charge in [0, 0.05) is 5.56 Å². The van der Waals surface area contributed by atoms with Gasteiger partial charge in [-0.25, -0.2) is 0 Å². The first-order valence-electron chi connectivity index (χ1n) is 7.10. The molecule has 0 bridgehead atoms. The van der Waals surface area contributed by atoms with Gasteiger partial charge in [0.05, 0.1) is 0 Å². The Labute approximate surface area is 157 Å².